The van der Waals surface area contributed by atoms with Crippen LogP contribution in [0.3, 0.4) is 0 Å². The number of unbranched alkanes of at least 4 members (excludes halogenated alkanes) is 7. The molecule has 36 heavy (non-hydrogen) atoms. The van der Waals surface area contributed by atoms with Gasteiger partial charge in [0.15, 0.2) is 5.60 Å². The third-order valence-corrected chi connectivity index (χ3v) is 8.50. The summed E-state index contributed by atoms with van der Waals surface area (Å²) in [6.45, 7) is 23.3. The van der Waals surface area contributed by atoms with Gasteiger partial charge in [0.2, 0.25) is 0 Å². The van der Waals surface area contributed by atoms with E-state index in [9.17, 15) is 9.36 Å². The van der Waals surface area contributed by atoms with E-state index in [0.29, 0.717) is 6.61 Å². The molecule has 0 spiro atoms. The van der Waals surface area contributed by atoms with Gasteiger partial charge in [0.1, 0.15) is 5.78 Å². The number of carbonyl (C=O) groups is 1. The first-order valence-electron chi connectivity index (χ1n) is 13.7. The van der Waals surface area contributed by atoms with Crippen molar-refractivity contribution in [3.63, 3.8) is 0 Å². The lowest BCUT2D eigenvalue weighted by molar-refractivity contribution is -0.292. The van der Waals surface area contributed by atoms with Crippen LogP contribution in [0.15, 0.2) is 12.7 Å². The Hall–Kier alpha value is -0.720. The van der Waals surface area contributed by atoms with Crippen molar-refractivity contribution >= 4 is 13.6 Å². The van der Waals surface area contributed by atoms with E-state index in [-0.39, 0.29) is 13.2 Å². The van der Waals surface area contributed by atoms with E-state index in [1.807, 2.05) is 47.6 Å². The summed E-state index contributed by atoms with van der Waals surface area (Å²) in [4.78, 5) is 19.4. The zero-order valence-electron chi connectivity index (χ0n) is 25.0. The van der Waals surface area contributed by atoms with E-state index in [1.54, 1.807) is 32.8 Å². The first kappa shape index (κ1) is 35.3. The van der Waals surface area contributed by atoms with E-state index in [0.717, 1.165) is 25.7 Å². The molecule has 214 valence electrons. The number of hydroxylamine groups is 2. The van der Waals surface area contributed by atoms with Crippen LogP contribution in [0.5, 0.6) is 0 Å². The van der Waals surface area contributed by atoms with Crippen LogP contribution in [0.1, 0.15) is 121 Å². The van der Waals surface area contributed by atoms with Crippen LogP contribution in [-0.4, -0.2) is 47.8 Å². The second-order valence-corrected chi connectivity index (χ2v) is 14.0. The quantitative estimate of drug-likeness (QED) is 0.0543. The third-order valence-electron chi connectivity index (χ3n) is 5.68. The number of allylic oxidation sites excluding steroid dienone is 1. The highest BCUT2D eigenvalue weighted by molar-refractivity contribution is 7.54. The Morgan fingerprint density at radius 1 is 0.861 bits per heavy atom. The number of rotatable bonds is 19. The van der Waals surface area contributed by atoms with Crippen LogP contribution in [0.2, 0.25) is 0 Å². The van der Waals surface area contributed by atoms with Crippen molar-refractivity contribution in [3.8, 4) is 0 Å². The maximum Gasteiger partial charge on any atom is 0.350 e. The molecule has 0 radical (unpaired) electrons. The Morgan fingerprint density at radius 3 is 1.75 bits per heavy atom. The van der Waals surface area contributed by atoms with Gasteiger partial charge in [0, 0.05) is 5.54 Å². The Bertz CT molecular complexity index is 671. The molecule has 0 heterocycles. The zero-order valence-corrected chi connectivity index (χ0v) is 25.9. The molecule has 0 amide bonds. The summed E-state index contributed by atoms with van der Waals surface area (Å²) < 4.78 is 31.1. The highest BCUT2D eigenvalue weighted by atomic mass is 31.2. The van der Waals surface area contributed by atoms with Crippen molar-refractivity contribution in [2.24, 2.45) is 5.41 Å². The molecule has 0 aliphatic rings. The second-order valence-electron chi connectivity index (χ2n) is 11.9. The smallest absolute Gasteiger partial charge is 0.350 e. The predicted molar refractivity (Wildman–Crippen MR) is 149 cm³/mol. The number of ether oxygens (including phenoxy) is 1. The second kappa shape index (κ2) is 16.3. The van der Waals surface area contributed by atoms with E-state index >= 15 is 0 Å². The third kappa shape index (κ3) is 12.7. The van der Waals surface area contributed by atoms with Gasteiger partial charge in [-0.3, -0.25) is 9.40 Å². The van der Waals surface area contributed by atoms with Gasteiger partial charge >= 0.3 is 13.6 Å². The van der Waals surface area contributed by atoms with Crippen LogP contribution in [0.4, 0.5) is 0 Å². The van der Waals surface area contributed by atoms with Crippen molar-refractivity contribution < 1.29 is 28.0 Å². The molecular formula is C28H56NO6P. The van der Waals surface area contributed by atoms with Crippen LogP contribution >= 0.6 is 7.60 Å². The Labute approximate surface area is 222 Å². The largest absolute Gasteiger partial charge is 0.464 e. The molecule has 0 aromatic carbocycles. The highest BCUT2D eigenvalue weighted by Gasteiger charge is 2.53. The molecule has 0 bridgehead atoms. The van der Waals surface area contributed by atoms with Gasteiger partial charge in [0.25, 0.3) is 0 Å². The average molecular weight is 534 g/mol. The van der Waals surface area contributed by atoms with Crippen molar-refractivity contribution in [1.29, 1.82) is 0 Å². The lowest BCUT2D eigenvalue weighted by Crippen LogP contribution is -2.57. The monoisotopic (exact) mass is 533 g/mol. The number of hydrogen-bond acceptors (Lipinski definition) is 7. The van der Waals surface area contributed by atoms with Crippen molar-refractivity contribution in [3.05, 3.63) is 12.7 Å². The first-order chi connectivity index (χ1) is 16.6. The summed E-state index contributed by atoms with van der Waals surface area (Å²) >= 11 is 0. The topological polar surface area (TPSA) is 74.3 Å². The molecule has 0 saturated carbocycles. The first-order valence-corrected chi connectivity index (χ1v) is 15.3. The molecule has 0 aliphatic heterocycles. The van der Waals surface area contributed by atoms with Crippen LogP contribution in [-0.2, 0) is 28.0 Å². The molecule has 8 heteroatoms. The molecule has 0 saturated heterocycles. The number of hydrogen-bond donors (Lipinski definition) is 0. The van der Waals surface area contributed by atoms with Crippen molar-refractivity contribution in [1.82, 2.24) is 5.06 Å². The summed E-state index contributed by atoms with van der Waals surface area (Å²) in [5, 5.41) is 1.63. The van der Waals surface area contributed by atoms with Crippen LogP contribution in [0, 0.1) is 5.41 Å². The molecule has 0 aromatic rings. The molecule has 0 aromatic heterocycles. The van der Waals surface area contributed by atoms with E-state index in [4.69, 9.17) is 18.6 Å². The molecule has 0 aliphatic carbocycles. The zero-order chi connectivity index (χ0) is 28.0. The minimum atomic E-state index is -3.62. The van der Waals surface area contributed by atoms with Crippen LogP contribution < -0.4 is 0 Å². The van der Waals surface area contributed by atoms with Crippen LogP contribution in [0.25, 0.3) is 0 Å². The van der Waals surface area contributed by atoms with Gasteiger partial charge in [-0.2, -0.15) is 5.06 Å². The maximum absolute atomic E-state index is 14.0. The van der Waals surface area contributed by atoms with Crippen molar-refractivity contribution in [2.75, 3.05) is 19.8 Å². The highest BCUT2D eigenvalue weighted by Crippen LogP contribution is 2.61. The SMILES string of the molecule is C=CCCCCCCCCCOC(=O)C(C)(C)ON(C(C(C)(C)C)P(=O)(OCC)OCC)C(C)(C)C. The van der Waals surface area contributed by atoms with Gasteiger partial charge in [-0.05, 0) is 73.1 Å². The standard InChI is InChI=1S/C28H56NO6P/c1-12-15-16-17-18-19-20-21-22-23-32-25(30)28(10,11)35-29(27(7,8)9)24(26(4,5)6)36(31,33-13-2)34-14-3/h12,24H,1,13-23H2,2-11H3. The summed E-state index contributed by atoms with van der Waals surface area (Å²) in [5.74, 6) is -1.19. The molecule has 0 rings (SSSR count). The van der Waals surface area contributed by atoms with Gasteiger partial charge in [-0.15, -0.1) is 6.58 Å². The molecule has 0 N–H and O–H groups in total. The van der Waals surface area contributed by atoms with E-state index < -0.39 is 35.9 Å². The molecule has 1 unspecified atom stereocenters. The van der Waals surface area contributed by atoms with Gasteiger partial charge in [-0.25, -0.2) is 4.79 Å². The summed E-state index contributed by atoms with van der Waals surface area (Å²) in [6, 6.07) is 0. The summed E-state index contributed by atoms with van der Waals surface area (Å²) in [5.41, 5.74) is -2.44. The lowest BCUT2D eigenvalue weighted by Gasteiger charge is -2.49. The normalized spacial score (nSPS) is 14.2. The number of esters is 1. The Kier molecular flexibility index (Phi) is 16.0. The predicted octanol–water partition coefficient (Wildman–Crippen LogP) is 8.29. The van der Waals surface area contributed by atoms with Gasteiger partial charge in [-0.1, -0.05) is 59.0 Å². The minimum absolute atomic E-state index is 0.238. The Morgan fingerprint density at radius 2 is 1.33 bits per heavy atom. The fourth-order valence-corrected chi connectivity index (χ4v) is 6.62. The summed E-state index contributed by atoms with van der Waals surface area (Å²) in [6.07, 6.45) is 10.9. The lowest BCUT2D eigenvalue weighted by atomic mass is 9.94. The number of carbonyl (C=O) groups excluding carboxylic acids is 1. The molecular weight excluding hydrogens is 477 g/mol. The molecule has 7 nitrogen and oxygen atoms in total. The van der Waals surface area contributed by atoms with E-state index in [2.05, 4.69) is 6.58 Å². The van der Waals surface area contributed by atoms with E-state index in [1.165, 1.54) is 25.7 Å². The summed E-state index contributed by atoms with van der Waals surface area (Å²) in [7, 11) is -3.62. The van der Waals surface area contributed by atoms with Gasteiger partial charge < -0.3 is 13.8 Å². The minimum Gasteiger partial charge on any atom is -0.464 e. The maximum atomic E-state index is 14.0. The molecule has 0 fully saturated rings. The average Bonchev–Trinajstić information content (AvgIpc) is 2.73. The van der Waals surface area contributed by atoms with Crippen molar-refractivity contribution in [2.45, 2.75) is 138 Å². The Balaban J connectivity index is 5.29. The fourth-order valence-electron chi connectivity index (χ4n) is 3.94. The fraction of sp³-hybridized carbons (Fsp3) is 0.893. The molecule has 1 atom stereocenters. The number of nitrogens with zero attached hydrogens (tertiary/aromatic N) is 1. The van der Waals surface area contributed by atoms with Gasteiger partial charge in [0.05, 0.1) is 19.8 Å².